The van der Waals surface area contributed by atoms with E-state index < -0.39 is 12.1 Å². The molecule has 28 heavy (non-hydrogen) atoms. The summed E-state index contributed by atoms with van der Waals surface area (Å²) in [6.45, 7) is 3.91. The summed E-state index contributed by atoms with van der Waals surface area (Å²) in [6.07, 6.45) is 6.60. The Bertz CT molecular complexity index is 980. The van der Waals surface area contributed by atoms with Crippen LogP contribution in [-0.2, 0) is 19.1 Å². The fraction of sp³-hybridized carbons (Fsp3) is 0.348. The van der Waals surface area contributed by atoms with E-state index in [0.717, 1.165) is 24.0 Å². The maximum atomic E-state index is 12.7. The molecular formula is C23H22O5. The molecule has 1 saturated heterocycles. The van der Waals surface area contributed by atoms with Crippen molar-refractivity contribution < 1.29 is 23.9 Å². The molecule has 1 saturated carbocycles. The molecule has 4 rings (SSSR count). The quantitative estimate of drug-likeness (QED) is 0.580. The molecule has 0 bridgehead atoms. The largest absolute Gasteiger partial charge is 0.465 e. The van der Waals surface area contributed by atoms with Crippen molar-refractivity contribution in [2.24, 2.45) is 11.3 Å². The maximum absolute atomic E-state index is 12.7. The Morgan fingerprint density at radius 1 is 1.32 bits per heavy atom. The normalized spacial score (nSPS) is 30.2. The monoisotopic (exact) mass is 378 g/mol. The summed E-state index contributed by atoms with van der Waals surface area (Å²) >= 11 is 0. The number of hydrogen-bond acceptors (Lipinski definition) is 5. The molecular weight excluding hydrogens is 356 g/mol. The van der Waals surface area contributed by atoms with E-state index >= 15 is 0 Å². The van der Waals surface area contributed by atoms with Crippen LogP contribution in [0.5, 0.6) is 0 Å². The molecule has 1 aliphatic heterocycles. The van der Waals surface area contributed by atoms with E-state index in [4.69, 9.17) is 9.47 Å². The number of methoxy groups -OCH3 is 1. The molecule has 1 aromatic carbocycles. The molecule has 3 aliphatic rings. The smallest absolute Gasteiger partial charge is 0.337 e. The molecule has 1 aromatic rings. The van der Waals surface area contributed by atoms with E-state index in [-0.39, 0.29) is 23.1 Å². The summed E-state index contributed by atoms with van der Waals surface area (Å²) < 4.78 is 10.5. The first-order valence-electron chi connectivity index (χ1n) is 9.40. The van der Waals surface area contributed by atoms with E-state index in [1.165, 1.54) is 7.11 Å². The second-order valence-electron chi connectivity index (χ2n) is 7.84. The van der Waals surface area contributed by atoms with Gasteiger partial charge in [0.2, 0.25) is 0 Å². The van der Waals surface area contributed by atoms with Crippen molar-refractivity contribution in [3.8, 4) is 0 Å². The van der Waals surface area contributed by atoms with Gasteiger partial charge in [0.1, 0.15) is 6.10 Å². The summed E-state index contributed by atoms with van der Waals surface area (Å²) in [4.78, 5) is 36.7. The van der Waals surface area contributed by atoms with E-state index in [9.17, 15) is 14.4 Å². The minimum Gasteiger partial charge on any atom is -0.465 e. The van der Waals surface area contributed by atoms with Crippen LogP contribution >= 0.6 is 0 Å². The zero-order valence-electron chi connectivity index (χ0n) is 16.2. The van der Waals surface area contributed by atoms with Crippen molar-refractivity contribution in [1.29, 1.82) is 0 Å². The maximum Gasteiger partial charge on any atom is 0.337 e. The highest BCUT2D eigenvalue weighted by molar-refractivity contribution is 6.06. The second kappa shape index (κ2) is 6.59. The van der Waals surface area contributed by atoms with E-state index in [2.05, 4.69) is 6.92 Å². The SMILES string of the molecule is COC(=O)c1cccc(/C=C2/C(=O)O[C@@H]3C4=C(C)C(=O)C=C[C@]4(C)CC[C@@H]23)c1. The van der Waals surface area contributed by atoms with Gasteiger partial charge in [-0.15, -0.1) is 0 Å². The van der Waals surface area contributed by atoms with Crippen LogP contribution in [0.3, 0.4) is 0 Å². The zero-order valence-corrected chi connectivity index (χ0v) is 16.2. The van der Waals surface area contributed by atoms with Crippen molar-refractivity contribution >= 4 is 23.8 Å². The first-order chi connectivity index (χ1) is 13.3. The van der Waals surface area contributed by atoms with Crippen LogP contribution in [0.1, 0.15) is 42.6 Å². The average Bonchev–Trinajstić information content (AvgIpc) is 2.99. The minimum absolute atomic E-state index is 0.0209. The predicted octanol–water partition coefficient (Wildman–Crippen LogP) is 3.65. The molecule has 1 heterocycles. The molecule has 144 valence electrons. The lowest BCUT2D eigenvalue weighted by atomic mass is 9.62. The predicted molar refractivity (Wildman–Crippen MR) is 103 cm³/mol. The Labute approximate surface area is 163 Å². The van der Waals surface area contributed by atoms with Crippen LogP contribution in [0.4, 0.5) is 0 Å². The van der Waals surface area contributed by atoms with Crippen LogP contribution in [0.25, 0.3) is 6.08 Å². The van der Waals surface area contributed by atoms with Crippen LogP contribution in [0.2, 0.25) is 0 Å². The molecule has 0 N–H and O–H groups in total. The van der Waals surface area contributed by atoms with Gasteiger partial charge in [-0.3, -0.25) is 4.79 Å². The topological polar surface area (TPSA) is 69.7 Å². The fourth-order valence-electron chi connectivity index (χ4n) is 4.61. The number of benzene rings is 1. The number of carbonyl (C=O) groups is 3. The average molecular weight is 378 g/mol. The van der Waals surface area contributed by atoms with E-state index in [1.807, 2.05) is 19.1 Å². The number of ether oxygens (including phenoxy) is 2. The highest BCUT2D eigenvalue weighted by Gasteiger charge is 2.51. The van der Waals surface area contributed by atoms with Gasteiger partial charge in [0, 0.05) is 22.5 Å². The lowest BCUT2D eigenvalue weighted by Crippen LogP contribution is -2.39. The second-order valence-corrected chi connectivity index (χ2v) is 7.84. The van der Waals surface area contributed by atoms with Gasteiger partial charge in [-0.25, -0.2) is 9.59 Å². The Hall–Kier alpha value is -2.95. The fourth-order valence-corrected chi connectivity index (χ4v) is 4.61. The molecule has 2 aliphatic carbocycles. The molecule has 0 amide bonds. The van der Waals surface area contributed by atoms with Crippen molar-refractivity contribution in [1.82, 2.24) is 0 Å². The summed E-state index contributed by atoms with van der Waals surface area (Å²) in [7, 11) is 1.33. The van der Waals surface area contributed by atoms with Crippen LogP contribution in [0.15, 0.2) is 53.1 Å². The number of allylic oxidation sites excluding steroid dienone is 3. The van der Waals surface area contributed by atoms with Gasteiger partial charge in [0.05, 0.1) is 12.7 Å². The Balaban J connectivity index is 1.72. The first-order valence-corrected chi connectivity index (χ1v) is 9.40. The molecule has 5 heteroatoms. The van der Waals surface area contributed by atoms with Crippen LogP contribution in [0, 0.1) is 11.3 Å². The first kappa shape index (κ1) is 18.4. The lowest BCUT2D eigenvalue weighted by molar-refractivity contribution is -0.138. The van der Waals surface area contributed by atoms with Gasteiger partial charge in [-0.2, -0.15) is 0 Å². The van der Waals surface area contributed by atoms with Crippen molar-refractivity contribution in [3.63, 3.8) is 0 Å². The minimum atomic E-state index is -0.422. The number of fused-ring (bicyclic) bond motifs is 3. The number of carbonyl (C=O) groups excluding carboxylic acids is 3. The van der Waals surface area contributed by atoms with Gasteiger partial charge in [0.15, 0.2) is 5.78 Å². The van der Waals surface area contributed by atoms with E-state index in [1.54, 1.807) is 30.4 Å². The summed E-state index contributed by atoms with van der Waals surface area (Å²) in [5.41, 5.74) is 3.13. The van der Waals surface area contributed by atoms with Gasteiger partial charge < -0.3 is 9.47 Å². The highest BCUT2D eigenvalue weighted by atomic mass is 16.6. The standard InChI is InChI=1S/C23H22O5/c1-13-18(24)8-10-23(2)9-7-16-17(22(26)28-20(16)19(13)23)12-14-5-4-6-15(11-14)21(25)27-3/h4-6,8,10-12,16,20H,7,9H2,1-3H3/b17-12+/t16-,20-,23-/m0/s1. The Morgan fingerprint density at radius 2 is 2.11 bits per heavy atom. The number of esters is 2. The van der Waals surface area contributed by atoms with Gasteiger partial charge in [-0.05, 0) is 55.2 Å². The molecule has 0 radical (unpaired) electrons. The van der Waals surface area contributed by atoms with Gasteiger partial charge in [0.25, 0.3) is 0 Å². The summed E-state index contributed by atoms with van der Waals surface area (Å²) in [5.74, 6) is -0.891. The van der Waals surface area contributed by atoms with Crippen LogP contribution in [-0.4, -0.2) is 30.9 Å². The molecule has 0 spiro atoms. The highest BCUT2D eigenvalue weighted by Crippen LogP contribution is 2.53. The van der Waals surface area contributed by atoms with Crippen molar-refractivity contribution in [2.75, 3.05) is 7.11 Å². The van der Waals surface area contributed by atoms with E-state index in [0.29, 0.717) is 16.7 Å². The molecule has 5 nitrogen and oxygen atoms in total. The lowest BCUT2D eigenvalue weighted by Gasteiger charge is -2.42. The van der Waals surface area contributed by atoms with Gasteiger partial charge >= 0.3 is 11.9 Å². The Morgan fingerprint density at radius 3 is 2.86 bits per heavy atom. The zero-order chi connectivity index (χ0) is 20.1. The van der Waals surface area contributed by atoms with Crippen molar-refractivity contribution in [3.05, 3.63) is 64.3 Å². The third kappa shape index (κ3) is 2.82. The third-order valence-corrected chi connectivity index (χ3v) is 6.12. The number of ketones is 1. The van der Waals surface area contributed by atoms with Crippen LogP contribution < -0.4 is 0 Å². The third-order valence-electron chi connectivity index (χ3n) is 6.12. The summed E-state index contributed by atoms with van der Waals surface area (Å²) in [5, 5.41) is 0. The summed E-state index contributed by atoms with van der Waals surface area (Å²) in [6, 6.07) is 6.96. The van der Waals surface area contributed by atoms with Gasteiger partial charge in [-0.1, -0.05) is 25.1 Å². The number of rotatable bonds is 2. The molecule has 0 unspecified atom stereocenters. The Kier molecular flexibility index (Phi) is 4.33. The molecule has 0 aromatic heterocycles. The number of hydrogen-bond donors (Lipinski definition) is 0. The van der Waals surface area contributed by atoms with Crippen molar-refractivity contribution in [2.45, 2.75) is 32.8 Å². The molecule has 3 atom stereocenters. The molecule has 2 fully saturated rings.